The van der Waals surface area contributed by atoms with Crippen LogP contribution in [0.4, 0.5) is 0 Å². The summed E-state index contributed by atoms with van der Waals surface area (Å²) in [5, 5.41) is 0. The zero-order chi connectivity index (χ0) is 10.0. The molecule has 0 amide bonds. The predicted molar refractivity (Wildman–Crippen MR) is 57.5 cm³/mol. The van der Waals surface area contributed by atoms with Crippen LogP contribution < -0.4 is 0 Å². The molecule has 0 N–H and O–H groups in total. The summed E-state index contributed by atoms with van der Waals surface area (Å²) in [6.45, 7) is 14.9. The Labute approximate surface area is 83.1 Å². The monoisotopic (exact) mass is 180 g/mol. The zero-order valence-corrected chi connectivity index (χ0v) is 10.0. The third-order valence-electron chi connectivity index (χ3n) is 6.56. The van der Waals surface area contributed by atoms with Gasteiger partial charge in [0.2, 0.25) is 0 Å². The molecule has 0 heterocycles. The first-order chi connectivity index (χ1) is 5.86. The van der Waals surface area contributed by atoms with Crippen LogP contribution in [-0.2, 0) is 0 Å². The van der Waals surface area contributed by atoms with E-state index in [1.807, 2.05) is 0 Å². The van der Waals surface area contributed by atoms with Crippen LogP contribution in [0.15, 0.2) is 0 Å². The van der Waals surface area contributed by atoms with Gasteiger partial charge in [-0.15, -0.1) is 0 Å². The first-order valence-electron chi connectivity index (χ1n) is 5.86. The summed E-state index contributed by atoms with van der Waals surface area (Å²) in [6, 6.07) is 0. The smallest absolute Gasteiger partial charge is 0.0213 e. The Bertz CT molecular complexity index is 196. The average molecular weight is 180 g/mol. The van der Waals surface area contributed by atoms with E-state index >= 15 is 0 Å². The number of rotatable bonds is 0. The van der Waals surface area contributed by atoms with Gasteiger partial charge >= 0.3 is 0 Å². The van der Waals surface area contributed by atoms with Gasteiger partial charge in [0.15, 0.2) is 0 Å². The predicted octanol–water partition coefficient (Wildman–Crippen LogP) is 3.96. The molecule has 0 aromatic heterocycles. The van der Waals surface area contributed by atoms with E-state index in [-0.39, 0.29) is 0 Å². The molecule has 0 spiro atoms. The highest BCUT2D eigenvalue weighted by Gasteiger charge is 2.70. The molecule has 13 heavy (non-hydrogen) atoms. The molecule has 0 heteroatoms. The van der Waals surface area contributed by atoms with Crippen LogP contribution in [0.3, 0.4) is 0 Å². The molecule has 76 valence electrons. The lowest BCUT2D eigenvalue weighted by Crippen LogP contribution is -2.61. The van der Waals surface area contributed by atoms with Crippen LogP contribution in [-0.4, -0.2) is 0 Å². The quantitative estimate of drug-likeness (QED) is 0.529. The van der Waals surface area contributed by atoms with Gasteiger partial charge in [0.1, 0.15) is 0 Å². The van der Waals surface area contributed by atoms with E-state index in [0.29, 0.717) is 10.8 Å². The summed E-state index contributed by atoms with van der Waals surface area (Å²) in [5.41, 5.74) is 1.26. The minimum absolute atomic E-state index is 0.631. The van der Waals surface area contributed by atoms with Crippen molar-refractivity contribution in [2.45, 2.75) is 48.0 Å². The summed E-state index contributed by atoms with van der Waals surface area (Å²) in [7, 11) is 0. The second-order valence-electron chi connectivity index (χ2n) is 6.18. The highest BCUT2D eigenvalue weighted by molar-refractivity contribution is 5.17. The van der Waals surface area contributed by atoms with E-state index < -0.39 is 0 Å². The van der Waals surface area contributed by atoms with E-state index in [0.717, 1.165) is 23.7 Å². The number of fused-ring (bicyclic) bond motifs is 1. The highest BCUT2D eigenvalue weighted by Crippen LogP contribution is 2.75. The van der Waals surface area contributed by atoms with Crippen molar-refractivity contribution in [3.8, 4) is 0 Å². The maximum absolute atomic E-state index is 2.53. The third kappa shape index (κ3) is 0.714. The Morgan fingerprint density at radius 1 is 0.769 bits per heavy atom. The first-order valence-corrected chi connectivity index (χ1v) is 5.86. The Balaban J connectivity index is 2.41. The van der Waals surface area contributed by atoms with Gasteiger partial charge in [-0.25, -0.2) is 0 Å². The SMILES string of the molecule is CC1CC(C)C2(C)C(C)C(C)C12C. The van der Waals surface area contributed by atoms with Crippen molar-refractivity contribution in [3.05, 3.63) is 0 Å². The second-order valence-corrected chi connectivity index (χ2v) is 6.18. The molecular weight excluding hydrogens is 156 g/mol. The summed E-state index contributed by atoms with van der Waals surface area (Å²) in [5.74, 6) is 3.72. The number of hydrogen-bond acceptors (Lipinski definition) is 0. The molecule has 6 atom stereocenters. The van der Waals surface area contributed by atoms with Crippen LogP contribution in [0.2, 0.25) is 0 Å². The molecule has 2 aliphatic rings. The fourth-order valence-electron chi connectivity index (χ4n) is 4.90. The normalized spacial score (nSPS) is 66.0. The van der Waals surface area contributed by atoms with Crippen molar-refractivity contribution < 1.29 is 0 Å². The minimum atomic E-state index is 0.631. The summed E-state index contributed by atoms with van der Waals surface area (Å²) in [4.78, 5) is 0. The Morgan fingerprint density at radius 3 is 1.38 bits per heavy atom. The third-order valence-corrected chi connectivity index (χ3v) is 6.56. The van der Waals surface area contributed by atoms with Gasteiger partial charge in [-0.1, -0.05) is 41.5 Å². The van der Waals surface area contributed by atoms with Crippen molar-refractivity contribution in [1.82, 2.24) is 0 Å². The van der Waals surface area contributed by atoms with E-state index in [4.69, 9.17) is 0 Å². The molecule has 2 aliphatic carbocycles. The molecule has 6 unspecified atom stereocenters. The second kappa shape index (κ2) is 2.32. The zero-order valence-electron chi connectivity index (χ0n) is 10.0. The van der Waals surface area contributed by atoms with Crippen LogP contribution in [0.25, 0.3) is 0 Å². The van der Waals surface area contributed by atoms with Crippen molar-refractivity contribution in [3.63, 3.8) is 0 Å². The van der Waals surface area contributed by atoms with Gasteiger partial charge in [0.05, 0.1) is 0 Å². The molecule has 0 radical (unpaired) electrons. The summed E-state index contributed by atoms with van der Waals surface area (Å²) in [6.07, 6.45) is 1.45. The van der Waals surface area contributed by atoms with E-state index in [1.54, 1.807) is 0 Å². The minimum Gasteiger partial charge on any atom is -0.0619 e. The molecule has 2 fully saturated rings. The lowest BCUT2D eigenvalue weighted by Gasteiger charge is -2.66. The van der Waals surface area contributed by atoms with E-state index in [1.165, 1.54) is 6.42 Å². The van der Waals surface area contributed by atoms with Gasteiger partial charge in [-0.05, 0) is 40.9 Å². The maximum Gasteiger partial charge on any atom is -0.0213 e. The topological polar surface area (TPSA) is 0 Å². The van der Waals surface area contributed by atoms with Crippen molar-refractivity contribution >= 4 is 0 Å². The van der Waals surface area contributed by atoms with Crippen molar-refractivity contribution in [2.24, 2.45) is 34.5 Å². The Hall–Kier alpha value is 0. The molecule has 2 saturated carbocycles. The summed E-state index contributed by atoms with van der Waals surface area (Å²) >= 11 is 0. The molecule has 0 saturated heterocycles. The van der Waals surface area contributed by atoms with Crippen LogP contribution >= 0.6 is 0 Å². The van der Waals surface area contributed by atoms with Crippen molar-refractivity contribution in [1.29, 1.82) is 0 Å². The molecule has 0 aliphatic heterocycles. The van der Waals surface area contributed by atoms with E-state index in [2.05, 4.69) is 41.5 Å². The molecular formula is C13H24. The average Bonchev–Trinajstić information content (AvgIpc) is 2.26. The van der Waals surface area contributed by atoms with Gasteiger partial charge in [-0.2, -0.15) is 0 Å². The Kier molecular flexibility index (Phi) is 1.71. The molecule has 0 bridgehead atoms. The van der Waals surface area contributed by atoms with Crippen LogP contribution in [0, 0.1) is 34.5 Å². The molecule has 0 nitrogen and oxygen atoms in total. The van der Waals surface area contributed by atoms with Crippen LogP contribution in [0.1, 0.15) is 48.0 Å². The molecule has 2 rings (SSSR count). The van der Waals surface area contributed by atoms with Gasteiger partial charge in [0.25, 0.3) is 0 Å². The molecule has 0 aromatic carbocycles. The van der Waals surface area contributed by atoms with Gasteiger partial charge < -0.3 is 0 Å². The first kappa shape index (κ1) is 9.55. The molecule has 0 aromatic rings. The van der Waals surface area contributed by atoms with Crippen molar-refractivity contribution in [2.75, 3.05) is 0 Å². The lowest BCUT2D eigenvalue weighted by atomic mass is 9.39. The highest BCUT2D eigenvalue weighted by atomic mass is 14.7. The number of hydrogen-bond donors (Lipinski definition) is 0. The standard InChI is InChI=1S/C13H24/c1-8-7-9(2)13(6)11(4)10(3)12(8,13)5/h8-11H,7H2,1-6H3. The summed E-state index contributed by atoms with van der Waals surface area (Å²) < 4.78 is 0. The Morgan fingerprint density at radius 2 is 1.08 bits per heavy atom. The van der Waals surface area contributed by atoms with Crippen LogP contribution in [0.5, 0.6) is 0 Å². The maximum atomic E-state index is 2.53. The van der Waals surface area contributed by atoms with Gasteiger partial charge in [-0.3, -0.25) is 0 Å². The van der Waals surface area contributed by atoms with E-state index in [9.17, 15) is 0 Å². The fourth-order valence-corrected chi connectivity index (χ4v) is 4.90. The van der Waals surface area contributed by atoms with Gasteiger partial charge in [0, 0.05) is 0 Å². The lowest BCUT2D eigenvalue weighted by molar-refractivity contribution is -0.184. The fraction of sp³-hybridized carbons (Fsp3) is 1.00. The largest absolute Gasteiger partial charge is 0.0619 e.